The van der Waals surface area contributed by atoms with Gasteiger partial charge >= 0.3 is 0 Å². The van der Waals surface area contributed by atoms with E-state index < -0.39 is 0 Å². The summed E-state index contributed by atoms with van der Waals surface area (Å²) in [5.41, 5.74) is 2.57. The summed E-state index contributed by atoms with van der Waals surface area (Å²) in [4.78, 5) is 6.56. The van der Waals surface area contributed by atoms with Gasteiger partial charge in [-0.1, -0.05) is 37.6 Å². The van der Waals surface area contributed by atoms with Crippen LogP contribution in [0.15, 0.2) is 36.4 Å². The largest absolute Gasteiger partial charge is 0.508 e. The van der Waals surface area contributed by atoms with E-state index in [1.54, 1.807) is 12.1 Å². The normalized spacial score (nSPS) is 16.9. The van der Waals surface area contributed by atoms with Crippen LogP contribution in [0.2, 0.25) is 0 Å². The molecule has 0 amide bonds. The smallest absolute Gasteiger partial charge is 0.219 e. The predicted molar refractivity (Wildman–Crippen MR) is 108 cm³/mol. The summed E-state index contributed by atoms with van der Waals surface area (Å²) >= 11 is 0. The molecular formula is C22H30N2O3. The molecule has 1 aromatic heterocycles. The maximum atomic E-state index is 10.1. The maximum absolute atomic E-state index is 10.1. The number of rotatable bonds is 8. The number of hydrogen-bond donors (Lipinski definition) is 1. The van der Waals surface area contributed by atoms with Gasteiger partial charge in [-0.05, 0) is 36.8 Å². The molecular weight excluding hydrogens is 340 g/mol. The fourth-order valence-electron chi connectivity index (χ4n) is 3.32. The average Bonchev–Trinajstić information content (AvgIpc) is 2.68. The SMILES string of the molecule is CCCc1ccc(CN(C)c2cc(O)cc(OCC3CCCCO3)n2)cc1. The van der Waals surface area contributed by atoms with Crippen LogP contribution in [0.25, 0.3) is 0 Å². The van der Waals surface area contributed by atoms with Crippen LogP contribution in [0.4, 0.5) is 5.82 Å². The van der Waals surface area contributed by atoms with Crippen molar-refractivity contribution in [1.29, 1.82) is 0 Å². The minimum Gasteiger partial charge on any atom is -0.508 e. The lowest BCUT2D eigenvalue weighted by Gasteiger charge is -2.23. The number of aryl methyl sites for hydroxylation is 1. The Bertz CT molecular complexity index is 712. The Kier molecular flexibility index (Phi) is 6.93. The van der Waals surface area contributed by atoms with Crippen molar-refractivity contribution in [2.45, 2.75) is 51.7 Å². The van der Waals surface area contributed by atoms with E-state index in [9.17, 15) is 5.11 Å². The standard InChI is InChI=1S/C22H30N2O3/c1-3-6-17-8-10-18(11-9-17)15-24(2)21-13-19(25)14-22(23-21)27-16-20-7-4-5-12-26-20/h8-11,13-14,20H,3-7,12,15-16H2,1-2H3,(H,23,25). The highest BCUT2D eigenvalue weighted by Crippen LogP contribution is 2.25. The molecule has 1 unspecified atom stereocenters. The van der Waals surface area contributed by atoms with E-state index in [1.165, 1.54) is 17.5 Å². The van der Waals surface area contributed by atoms with E-state index in [0.29, 0.717) is 24.8 Å². The molecule has 1 aliphatic heterocycles. The molecule has 5 nitrogen and oxygen atoms in total. The van der Waals surface area contributed by atoms with Crippen LogP contribution < -0.4 is 9.64 Å². The molecule has 0 radical (unpaired) electrons. The predicted octanol–water partition coefficient (Wildman–Crippen LogP) is 4.32. The summed E-state index contributed by atoms with van der Waals surface area (Å²) < 4.78 is 11.5. The lowest BCUT2D eigenvalue weighted by Crippen LogP contribution is -2.26. The first-order valence-electron chi connectivity index (χ1n) is 9.88. The number of pyridine rings is 1. The summed E-state index contributed by atoms with van der Waals surface area (Å²) in [7, 11) is 1.97. The van der Waals surface area contributed by atoms with Crippen LogP contribution in [0, 0.1) is 0 Å². The molecule has 27 heavy (non-hydrogen) atoms. The number of aromatic hydroxyl groups is 1. The average molecular weight is 370 g/mol. The Labute approximate surface area is 161 Å². The van der Waals surface area contributed by atoms with Gasteiger partial charge in [0.15, 0.2) is 0 Å². The maximum Gasteiger partial charge on any atom is 0.219 e. The monoisotopic (exact) mass is 370 g/mol. The zero-order valence-corrected chi connectivity index (χ0v) is 16.4. The highest BCUT2D eigenvalue weighted by molar-refractivity contribution is 5.46. The number of nitrogens with zero attached hydrogens (tertiary/aromatic N) is 2. The fourth-order valence-corrected chi connectivity index (χ4v) is 3.32. The fraction of sp³-hybridized carbons (Fsp3) is 0.500. The van der Waals surface area contributed by atoms with Gasteiger partial charge in [-0.2, -0.15) is 4.98 Å². The molecule has 2 heterocycles. The molecule has 3 rings (SSSR count). The van der Waals surface area contributed by atoms with Crippen molar-refractivity contribution >= 4 is 5.82 Å². The third-order valence-electron chi connectivity index (χ3n) is 4.84. The Balaban J connectivity index is 1.61. The molecule has 1 atom stereocenters. The molecule has 1 N–H and O–H groups in total. The van der Waals surface area contributed by atoms with Gasteiger partial charge < -0.3 is 19.5 Å². The second kappa shape index (κ2) is 9.60. The van der Waals surface area contributed by atoms with Crippen molar-refractivity contribution in [2.24, 2.45) is 0 Å². The summed E-state index contributed by atoms with van der Waals surface area (Å²) in [6.45, 7) is 4.17. The number of benzene rings is 1. The number of ether oxygens (including phenoxy) is 2. The van der Waals surface area contributed by atoms with E-state index in [-0.39, 0.29) is 11.9 Å². The number of aromatic nitrogens is 1. The Morgan fingerprint density at radius 3 is 2.67 bits per heavy atom. The minimum absolute atomic E-state index is 0.116. The van der Waals surface area contributed by atoms with Crippen LogP contribution in [0.5, 0.6) is 11.6 Å². The highest BCUT2D eigenvalue weighted by atomic mass is 16.5. The molecule has 1 saturated heterocycles. The van der Waals surface area contributed by atoms with E-state index in [0.717, 1.165) is 32.3 Å². The van der Waals surface area contributed by atoms with Gasteiger partial charge in [0.05, 0.1) is 6.10 Å². The van der Waals surface area contributed by atoms with E-state index >= 15 is 0 Å². The molecule has 5 heteroatoms. The molecule has 1 aromatic carbocycles. The lowest BCUT2D eigenvalue weighted by molar-refractivity contribution is -0.0119. The Hall–Kier alpha value is -2.27. The first-order chi connectivity index (χ1) is 13.1. The van der Waals surface area contributed by atoms with Gasteiger partial charge in [0.25, 0.3) is 0 Å². The van der Waals surface area contributed by atoms with Crippen LogP contribution in [-0.2, 0) is 17.7 Å². The van der Waals surface area contributed by atoms with Gasteiger partial charge in [-0.25, -0.2) is 0 Å². The van der Waals surface area contributed by atoms with Crippen molar-refractivity contribution in [3.8, 4) is 11.6 Å². The molecule has 2 aromatic rings. The molecule has 0 aliphatic carbocycles. The van der Waals surface area contributed by atoms with Crippen molar-refractivity contribution in [3.05, 3.63) is 47.5 Å². The first kappa shape index (κ1) is 19.5. The van der Waals surface area contributed by atoms with Crippen LogP contribution in [-0.4, -0.2) is 36.5 Å². The second-order valence-corrected chi connectivity index (χ2v) is 7.24. The topological polar surface area (TPSA) is 54.8 Å². The Morgan fingerprint density at radius 2 is 1.96 bits per heavy atom. The molecule has 0 saturated carbocycles. The van der Waals surface area contributed by atoms with E-state index in [1.807, 2.05) is 11.9 Å². The molecule has 0 bridgehead atoms. The van der Waals surface area contributed by atoms with Gasteiger partial charge in [0.2, 0.25) is 5.88 Å². The summed E-state index contributed by atoms with van der Waals surface area (Å²) in [5, 5.41) is 10.1. The molecule has 0 spiro atoms. The highest BCUT2D eigenvalue weighted by Gasteiger charge is 2.15. The van der Waals surface area contributed by atoms with E-state index in [2.05, 4.69) is 36.2 Å². The van der Waals surface area contributed by atoms with Gasteiger partial charge in [0.1, 0.15) is 18.2 Å². The van der Waals surface area contributed by atoms with Gasteiger partial charge in [-0.15, -0.1) is 0 Å². The van der Waals surface area contributed by atoms with Gasteiger partial charge in [0, 0.05) is 32.3 Å². The first-order valence-corrected chi connectivity index (χ1v) is 9.88. The number of anilines is 1. The quantitative estimate of drug-likeness (QED) is 0.750. The summed E-state index contributed by atoms with van der Waals surface area (Å²) in [5.74, 6) is 1.28. The van der Waals surface area contributed by atoms with Crippen molar-refractivity contribution < 1.29 is 14.6 Å². The molecule has 1 fully saturated rings. The van der Waals surface area contributed by atoms with Gasteiger partial charge in [-0.3, -0.25) is 0 Å². The molecule has 146 valence electrons. The number of hydrogen-bond acceptors (Lipinski definition) is 5. The Morgan fingerprint density at radius 1 is 1.19 bits per heavy atom. The zero-order chi connectivity index (χ0) is 19.1. The molecule has 1 aliphatic rings. The van der Waals surface area contributed by atoms with E-state index in [4.69, 9.17) is 9.47 Å². The van der Waals surface area contributed by atoms with Crippen LogP contribution in [0.1, 0.15) is 43.7 Å². The van der Waals surface area contributed by atoms with Crippen molar-refractivity contribution in [1.82, 2.24) is 4.98 Å². The van der Waals surface area contributed by atoms with Crippen molar-refractivity contribution in [2.75, 3.05) is 25.2 Å². The third kappa shape index (κ3) is 5.86. The lowest BCUT2D eigenvalue weighted by atomic mass is 10.1. The second-order valence-electron chi connectivity index (χ2n) is 7.24. The minimum atomic E-state index is 0.116. The van der Waals surface area contributed by atoms with Crippen LogP contribution in [0.3, 0.4) is 0 Å². The van der Waals surface area contributed by atoms with Crippen LogP contribution >= 0.6 is 0 Å². The third-order valence-corrected chi connectivity index (χ3v) is 4.84. The summed E-state index contributed by atoms with van der Waals surface area (Å²) in [6.07, 6.45) is 5.68. The van der Waals surface area contributed by atoms with Crippen molar-refractivity contribution in [3.63, 3.8) is 0 Å². The summed E-state index contributed by atoms with van der Waals surface area (Å²) in [6, 6.07) is 11.9. The zero-order valence-electron chi connectivity index (χ0n) is 16.4.